The summed E-state index contributed by atoms with van der Waals surface area (Å²) >= 11 is 0. The third-order valence-electron chi connectivity index (χ3n) is 4.40. The van der Waals surface area contributed by atoms with E-state index in [1.807, 2.05) is 11.0 Å². The summed E-state index contributed by atoms with van der Waals surface area (Å²) in [6, 6.07) is 3.16. The third kappa shape index (κ3) is 3.31. The number of fused-ring (bicyclic) bond motifs is 1. The van der Waals surface area contributed by atoms with Gasteiger partial charge in [0.1, 0.15) is 11.3 Å². The summed E-state index contributed by atoms with van der Waals surface area (Å²) in [6.45, 7) is 1.08. The fraction of sp³-hybridized carbons (Fsp3) is 0.471. The maximum absolute atomic E-state index is 13.4. The first-order valence-corrected chi connectivity index (χ1v) is 7.96. The number of piperidine rings is 1. The molecule has 128 valence electrons. The molecule has 0 aromatic carbocycles. The van der Waals surface area contributed by atoms with Gasteiger partial charge in [-0.3, -0.25) is 9.78 Å². The van der Waals surface area contributed by atoms with Crippen LogP contribution >= 0.6 is 0 Å². The van der Waals surface area contributed by atoms with Crippen LogP contribution in [0.15, 0.2) is 24.5 Å². The zero-order valence-electron chi connectivity index (χ0n) is 13.9. The number of hydrogen-bond acceptors (Lipinski definition) is 5. The van der Waals surface area contributed by atoms with Gasteiger partial charge in [-0.1, -0.05) is 0 Å². The van der Waals surface area contributed by atoms with Crippen LogP contribution in [0.25, 0.3) is 11.0 Å². The summed E-state index contributed by atoms with van der Waals surface area (Å²) in [4.78, 5) is 23.8. The molecule has 1 atom stereocenters. The van der Waals surface area contributed by atoms with E-state index in [2.05, 4.69) is 9.97 Å². The summed E-state index contributed by atoms with van der Waals surface area (Å²) in [5.74, 6) is -0.530. The zero-order valence-corrected chi connectivity index (χ0v) is 13.9. The van der Waals surface area contributed by atoms with Crippen LogP contribution in [-0.4, -0.2) is 58.7 Å². The van der Waals surface area contributed by atoms with Crippen molar-refractivity contribution in [2.45, 2.75) is 24.9 Å². The molecule has 24 heavy (non-hydrogen) atoms. The Morgan fingerprint density at radius 3 is 3.00 bits per heavy atom. The van der Waals surface area contributed by atoms with Crippen molar-refractivity contribution in [3.63, 3.8) is 0 Å². The number of aromatic nitrogens is 2. The van der Waals surface area contributed by atoms with Crippen LogP contribution < -0.4 is 4.90 Å². The van der Waals surface area contributed by atoms with Gasteiger partial charge in [-0.05, 0) is 18.9 Å². The van der Waals surface area contributed by atoms with Crippen LogP contribution in [0.5, 0.6) is 0 Å². The predicted molar refractivity (Wildman–Crippen MR) is 89.2 cm³/mol. The zero-order chi connectivity index (χ0) is 17.3. The van der Waals surface area contributed by atoms with Gasteiger partial charge in [0.2, 0.25) is 5.91 Å². The monoisotopic (exact) mass is 332 g/mol. The summed E-state index contributed by atoms with van der Waals surface area (Å²) in [5, 5.41) is 10.9. The fourth-order valence-corrected chi connectivity index (χ4v) is 3.15. The van der Waals surface area contributed by atoms with Crippen LogP contribution in [0.4, 0.5) is 10.1 Å². The molecular formula is C17H21FN4O2. The molecule has 2 aromatic heterocycles. The molecule has 0 bridgehead atoms. The molecule has 0 spiro atoms. The highest BCUT2D eigenvalue weighted by Gasteiger charge is 2.36. The van der Waals surface area contributed by atoms with Crippen molar-refractivity contribution in [1.82, 2.24) is 14.9 Å². The average molecular weight is 332 g/mol. The molecule has 1 aliphatic heterocycles. The molecule has 3 rings (SSSR count). The van der Waals surface area contributed by atoms with E-state index in [4.69, 9.17) is 0 Å². The maximum Gasteiger partial charge on any atom is 0.225 e. The normalized spacial score (nSPS) is 21.1. The van der Waals surface area contributed by atoms with Crippen LogP contribution in [0.2, 0.25) is 0 Å². The van der Waals surface area contributed by atoms with E-state index in [0.29, 0.717) is 24.0 Å². The number of halogens is 1. The number of anilines is 1. The van der Waals surface area contributed by atoms with Crippen molar-refractivity contribution in [3.05, 3.63) is 30.3 Å². The molecule has 2 aromatic rings. The first-order chi connectivity index (χ1) is 11.4. The Balaban J connectivity index is 1.89. The van der Waals surface area contributed by atoms with Crippen molar-refractivity contribution in [3.8, 4) is 0 Å². The Morgan fingerprint density at radius 2 is 2.25 bits per heavy atom. The maximum atomic E-state index is 13.4. The molecular weight excluding hydrogens is 311 g/mol. The van der Waals surface area contributed by atoms with Gasteiger partial charge < -0.3 is 14.9 Å². The van der Waals surface area contributed by atoms with E-state index >= 15 is 0 Å². The topological polar surface area (TPSA) is 69.6 Å². The summed E-state index contributed by atoms with van der Waals surface area (Å²) in [7, 11) is 3.36. The van der Waals surface area contributed by atoms with Gasteiger partial charge >= 0.3 is 0 Å². The lowest BCUT2D eigenvalue weighted by molar-refractivity contribution is -0.134. The van der Waals surface area contributed by atoms with Crippen LogP contribution in [-0.2, 0) is 4.79 Å². The molecule has 0 radical (unpaired) electrons. The molecule has 1 amide bonds. The second kappa shape index (κ2) is 6.32. The molecule has 1 saturated heterocycles. The first kappa shape index (κ1) is 16.6. The quantitative estimate of drug-likeness (QED) is 0.924. The van der Waals surface area contributed by atoms with E-state index in [-0.39, 0.29) is 12.3 Å². The molecule has 0 aliphatic carbocycles. The van der Waals surface area contributed by atoms with E-state index in [0.717, 1.165) is 18.7 Å². The highest BCUT2D eigenvalue weighted by molar-refractivity contribution is 5.87. The minimum atomic E-state index is -1.07. The van der Waals surface area contributed by atoms with Gasteiger partial charge in [-0.15, -0.1) is 0 Å². The SMILES string of the molecule is CN(C)C(=O)CC1(O)CCCN(c2ccnc3cc(F)cnc23)C1. The van der Waals surface area contributed by atoms with Gasteiger partial charge in [-0.25, -0.2) is 9.37 Å². The van der Waals surface area contributed by atoms with E-state index in [1.54, 1.807) is 20.3 Å². The van der Waals surface area contributed by atoms with Crippen LogP contribution in [0.1, 0.15) is 19.3 Å². The van der Waals surface area contributed by atoms with E-state index in [1.165, 1.54) is 17.2 Å². The Kier molecular flexibility index (Phi) is 4.36. The average Bonchev–Trinajstić information content (AvgIpc) is 2.53. The van der Waals surface area contributed by atoms with Crippen molar-refractivity contribution >= 4 is 22.6 Å². The lowest BCUT2D eigenvalue weighted by Gasteiger charge is -2.40. The summed E-state index contributed by atoms with van der Waals surface area (Å²) in [5.41, 5.74) is 0.804. The predicted octanol–water partition coefficient (Wildman–Crippen LogP) is 1.58. The van der Waals surface area contributed by atoms with Gasteiger partial charge in [-0.2, -0.15) is 0 Å². The number of amides is 1. The summed E-state index contributed by atoms with van der Waals surface area (Å²) < 4.78 is 13.4. The number of β-amino-alcohol motifs (C(OH)–C–C–N with tert-alkyl or cyclic N) is 1. The molecule has 0 saturated carbocycles. The smallest absolute Gasteiger partial charge is 0.225 e. The minimum absolute atomic E-state index is 0.0849. The molecule has 1 fully saturated rings. The Labute approximate surface area is 139 Å². The Bertz CT molecular complexity index is 767. The summed E-state index contributed by atoms with van der Waals surface area (Å²) in [6.07, 6.45) is 4.20. The Hall–Kier alpha value is -2.28. The highest BCUT2D eigenvalue weighted by Crippen LogP contribution is 2.31. The lowest BCUT2D eigenvalue weighted by atomic mass is 9.88. The minimum Gasteiger partial charge on any atom is -0.388 e. The van der Waals surface area contributed by atoms with Crippen molar-refractivity contribution in [2.75, 3.05) is 32.1 Å². The van der Waals surface area contributed by atoms with Crippen molar-refractivity contribution in [1.29, 1.82) is 0 Å². The first-order valence-electron chi connectivity index (χ1n) is 7.96. The fourth-order valence-electron chi connectivity index (χ4n) is 3.15. The second-order valence-electron chi connectivity index (χ2n) is 6.57. The molecule has 1 aliphatic rings. The second-order valence-corrected chi connectivity index (χ2v) is 6.57. The van der Waals surface area contributed by atoms with E-state index in [9.17, 15) is 14.3 Å². The van der Waals surface area contributed by atoms with Gasteiger partial charge in [0, 0.05) is 39.4 Å². The number of carbonyl (C=O) groups is 1. The highest BCUT2D eigenvalue weighted by atomic mass is 19.1. The molecule has 1 N–H and O–H groups in total. The number of carbonyl (C=O) groups excluding carboxylic acids is 1. The molecule has 6 nitrogen and oxygen atoms in total. The molecule has 1 unspecified atom stereocenters. The largest absolute Gasteiger partial charge is 0.388 e. The van der Waals surface area contributed by atoms with Crippen LogP contribution in [0, 0.1) is 5.82 Å². The molecule has 3 heterocycles. The van der Waals surface area contributed by atoms with Crippen LogP contribution in [0.3, 0.4) is 0 Å². The van der Waals surface area contributed by atoms with Crippen molar-refractivity contribution < 1.29 is 14.3 Å². The van der Waals surface area contributed by atoms with Gasteiger partial charge in [0.05, 0.1) is 29.4 Å². The number of aliphatic hydroxyl groups is 1. The van der Waals surface area contributed by atoms with Crippen molar-refractivity contribution in [2.24, 2.45) is 0 Å². The number of nitrogens with zero attached hydrogens (tertiary/aromatic N) is 4. The standard InChI is InChI=1S/C17H21FN4O2/c1-21(2)15(23)9-17(24)5-3-7-22(11-17)14-4-6-19-13-8-12(18)10-20-16(13)14/h4,6,8,10,24H,3,5,7,9,11H2,1-2H3. The van der Waals surface area contributed by atoms with Gasteiger partial charge in [0.25, 0.3) is 0 Å². The third-order valence-corrected chi connectivity index (χ3v) is 4.40. The van der Waals surface area contributed by atoms with E-state index < -0.39 is 11.4 Å². The number of hydrogen-bond donors (Lipinski definition) is 1. The molecule has 7 heteroatoms. The van der Waals surface area contributed by atoms with Gasteiger partial charge in [0.15, 0.2) is 0 Å². The number of rotatable bonds is 3. The lowest BCUT2D eigenvalue weighted by Crippen LogP contribution is -2.50. The Morgan fingerprint density at radius 1 is 1.46 bits per heavy atom. The number of pyridine rings is 2.